The number of benzene rings is 1. The minimum absolute atomic E-state index is 0.0671. The summed E-state index contributed by atoms with van der Waals surface area (Å²) in [5.41, 5.74) is 1.07. The molecule has 0 saturated carbocycles. The van der Waals surface area contributed by atoms with Gasteiger partial charge in [-0.2, -0.15) is 5.26 Å². The highest BCUT2D eigenvalue weighted by Crippen LogP contribution is 2.16. The van der Waals surface area contributed by atoms with E-state index in [0.29, 0.717) is 13.1 Å². The van der Waals surface area contributed by atoms with Crippen LogP contribution in [0.3, 0.4) is 0 Å². The molecule has 1 heterocycles. The molecule has 2 N–H and O–H groups in total. The maximum absolute atomic E-state index is 12.1. The molecule has 100 valence electrons. The lowest BCUT2D eigenvalue weighted by molar-refractivity contribution is -0.132. The Hall–Kier alpha value is -1.90. The van der Waals surface area contributed by atoms with E-state index in [-0.39, 0.29) is 18.5 Å². The maximum Gasteiger partial charge on any atom is 0.239 e. The van der Waals surface area contributed by atoms with Gasteiger partial charge in [-0.05, 0) is 18.4 Å². The van der Waals surface area contributed by atoms with Crippen molar-refractivity contribution in [3.8, 4) is 6.07 Å². The minimum atomic E-state index is -0.280. The van der Waals surface area contributed by atoms with E-state index in [2.05, 4.69) is 6.07 Å². The summed E-state index contributed by atoms with van der Waals surface area (Å²) < 4.78 is 0. The van der Waals surface area contributed by atoms with Gasteiger partial charge in [-0.1, -0.05) is 30.3 Å². The summed E-state index contributed by atoms with van der Waals surface area (Å²) in [4.78, 5) is 13.7. The predicted molar refractivity (Wildman–Crippen MR) is 71.4 cm³/mol. The lowest BCUT2D eigenvalue weighted by Gasteiger charge is -2.23. The highest BCUT2D eigenvalue weighted by Gasteiger charge is 2.28. The van der Waals surface area contributed by atoms with E-state index in [9.17, 15) is 4.79 Å². The Morgan fingerprint density at radius 2 is 2.21 bits per heavy atom. The van der Waals surface area contributed by atoms with Crippen LogP contribution in [0.15, 0.2) is 30.3 Å². The van der Waals surface area contributed by atoms with Gasteiger partial charge >= 0.3 is 0 Å². The van der Waals surface area contributed by atoms with Gasteiger partial charge in [0, 0.05) is 13.1 Å². The normalized spacial score (nSPS) is 18.6. The zero-order valence-electron chi connectivity index (χ0n) is 10.8. The standard InChI is InChI=1S/C14H18N4O/c15-9-13-7-4-8-18(13)14(19)11-17(16)10-12-5-2-1-3-6-12/h1-3,5-6,13H,4,7-8,10-11,16H2. The molecule has 1 aliphatic rings. The first-order chi connectivity index (χ1) is 9.20. The van der Waals surface area contributed by atoms with E-state index in [1.807, 2.05) is 30.3 Å². The average Bonchev–Trinajstić information content (AvgIpc) is 2.88. The molecule has 1 aliphatic heterocycles. The molecule has 19 heavy (non-hydrogen) atoms. The molecule has 0 aromatic heterocycles. The van der Waals surface area contributed by atoms with Crippen LogP contribution in [-0.4, -0.2) is 34.9 Å². The van der Waals surface area contributed by atoms with Gasteiger partial charge in [-0.25, -0.2) is 5.01 Å². The van der Waals surface area contributed by atoms with Crippen molar-refractivity contribution in [1.82, 2.24) is 9.91 Å². The second-order valence-corrected chi connectivity index (χ2v) is 4.76. The number of rotatable bonds is 4. The molecule has 5 nitrogen and oxygen atoms in total. The first-order valence-corrected chi connectivity index (χ1v) is 6.43. The number of amides is 1. The number of nitrogens with zero attached hydrogens (tertiary/aromatic N) is 3. The minimum Gasteiger partial charge on any atom is -0.325 e. The Bertz CT molecular complexity index is 468. The highest BCUT2D eigenvalue weighted by molar-refractivity contribution is 5.79. The predicted octanol–water partition coefficient (Wildman–Crippen LogP) is 0.877. The van der Waals surface area contributed by atoms with E-state index >= 15 is 0 Å². The number of nitriles is 1. The van der Waals surface area contributed by atoms with E-state index in [4.69, 9.17) is 11.1 Å². The summed E-state index contributed by atoms with van der Waals surface area (Å²) in [7, 11) is 0. The van der Waals surface area contributed by atoms with Crippen molar-refractivity contribution in [3.05, 3.63) is 35.9 Å². The third-order valence-corrected chi connectivity index (χ3v) is 3.29. The van der Waals surface area contributed by atoms with Crippen LogP contribution in [0.25, 0.3) is 0 Å². The summed E-state index contributed by atoms with van der Waals surface area (Å²) in [6.45, 7) is 1.33. The van der Waals surface area contributed by atoms with Gasteiger partial charge in [0.1, 0.15) is 6.04 Å². The third kappa shape index (κ3) is 3.53. The molecule has 1 amide bonds. The lowest BCUT2D eigenvalue weighted by Crippen LogP contribution is -2.44. The lowest BCUT2D eigenvalue weighted by atomic mass is 10.2. The topological polar surface area (TPSA) is 73.4 Å². The number of nitrogens with two attached hydrogens (primary N) is 1. The van der Waals surface area contributed by atoms with Crippen molar-refractivity contribution >= 4 is 5.91 Å². The van der Waals surface area contributed by atoms with Crippen molar-refractivity contribution in [1.29, 1.82) is 5.26 Å². The van der Waals surface area contributed by atoms with Gasteiger partial charge in [-0.3, -0.25) is 10.6 Å². The Labute approximate surface area is 113 Å². The zero-order valence-corrected chi connectivity index (χ0v) is 10.8. The second kappa shape index (κ2) is 6.32. The van der Waals surface area contributed by atoms with E-state index in [1.165, 1.54) is 5.01 Å². The molecule has 1 unspecified atom stereocenters. The van der Waals surface area contributed by atoms with Gasteiger partial charge in [0.2, 0.25) is 5.91 Å². The van der Waals surface area contributed by atoms with Crippen molar-refractivity contribution in [2.75, 3.05) is 13.1 Å². The van der Waals surface area contributed by atoms with Gasteiger partial charge < -0.3 is 4.90 Å². The van der Waals surface area contributed by atoms with Crippen LogP contribution in [0.5, 0.6) is 0 Å². The first kappa shape index (κ1) is 13.5. The summed E-state index contributed by atoms with van der Waals surface area (Å²) in [6.07, 6.45) is 1.67. The fourth-order valence-corrected chi connectivity index (χ4v) is 2.34. The quantitative estimate of drug-likeness (QED) is 0.642. The fraction of sp³-hybridized carbons (Fsp3) is 0.429. The van der Waals surface area contributed by atoms with Gasteiger partial charge in [-0.15, -0.1) is 0 Å². The second-order valence-electron chi connectivity index (χ2n) is 4.76. The molecule has 1 saturated heterocycles. The number of hydrogen-bond donors (Lipinski definition) is 1. The highest BCUT2D eigenvalue weighted by atomic mass is 16.2. The summed E-state index contributed by atoms with van der Waals surface area (Å²) in [5, 5.41) is 10.5. The summed E-state index contributed by atoms with van der Waals surface area (Å²) in [5.74, 6) is 5.80. The summed E-state index contributed by atoms with van der Waals surface area (Å²) in [6, 6.07) is 11.6. The molecular weight excluding hydrogens is 240 g/mol. The third-order valence-electron chi connectivity index (χ3n) is 3.29. The van der Waals surface area contributed by atoms with Crippen molar-refractivity contribution < 1.29 is 4.79 Å². The first-order valence-electron chi connectivity index (χ1n) is 6.43. The molecule has 0 radical (unpaired) electrons. The van der Waals surface area contributed by atoms with Crippen LogP contribution in [0, 0.1) is 11.3 Å². The van der Waals surface area contributed by atoms with Crippen LogP contribution in [0.1, 0.15) is 18.4 Å². The molecule has 1 atom stereocenters. The smallest absolute Gasteiger partial charge is 0.239 e. The largest absolute Gasteiger partial charge is 0.325 e. The van der Waals surface area contributed by atoms with Crippen LogP contribution >= 0.6 is 0 Å². The van der Waals surface area contributed by atoms with Gasteiger partial charge in [0.15, 0.2) is 0 Å². The fourth-order valence-electron chi connectivity index (χ4n) is 2.34. The molecule has 1 fully saturated rings. The number of carbonyl (C=O) groups is 1. The summed E-state index contributed by atoms with van der Waals surface area (Å²) >= 11 is 0. The molecule has 0 aliphatic carbocycles. The number of hydrazine groups is 1. The molecule has 0 spiro atoms. The zero-order chi connectivity index (χ0) is 13.7. The SMILES string of the molecule is N#CC1CCCN1C(=O)CN(N)Cc1ccccc1. The van der Waals surface area contributed by atoms with E-state index < -0.39 is 0 Å². The molecule has 5 heteroatoms. The Balaban J connectivity index is 1.87. The van der Waals surface area contributed by atoms with Gasteiger partial charge in [0.25, 0.3) is 0 Å². The van der Waals surface area contributed by atoms with Crippen molar-refractivity contribution in [2.24, 2.45) is 5.84 Å². The Morgan fingerprint density at radius 1 is 1.47 bits per heavy atom. The average molecular weight is 258 g/mol. The monoisotopic (exact) mass is 258 g/mol. The number of hydrogen-bond acceptors (Lipinski definition) is 4. The van der Waals surface area contributed by atoms with Crippen LogP contribution < -0.4 is 5.84 Å². The molecule has 0 bridgehead atoms. The molecule has 1 aromatic carbocycles. The van der Waals surface area contributed by atoms with Crippen LogP contribution in [0.4, 0.5) is 0 Å². The Morgan fingerprint density at radius 3 is 2.89 bits per heavy atom. The number of carbonyl (C=O) groups excluding carboxylic acids is 1. The van der Waals surface area contributed by atoms with Crippen molar-refractivity contribution in [2.45, 2.75) is 25.4 Å². The molecular formula is C14H18N4O. The molecule has 1 aromatic rings. The van der Waals surface area contributed by atoms with E-state index in [0.717, 1.165) is 18.4 Å². The van der Waals surface area contributed by atoms with Crippen LogP contribution in [0.2, 0.25) is 0 Å². The van der Waals surface area contributed by atoms with Gasteiger partial charge in [0.05, 0.1) is 12.6 Å². The van der Waals surface area contributed by atoms with Crippen molar-refractivity contribution in [3.63, 3.8) is 0 Å². The van der Waals surface area contributed by atoms with E-state index in [1.54, 1.807) is 4.90 Å². The van der Waals surface area contributed by atoms with Crippen LogP contribution in [-0.2, 0) is 11.3 Å². The molecule has 2 rings (SSSR count). The Kier molecular flexibility index (Phi) is 4.50. The number of likely N-dealkylation sites (tertiary alicyclic amines) is 1. The maximum atomic E-state index is 12.1.